The van der Waals surface area contributed by atoms with Gasteiger partial charge in [0, 0.05) is 16.5 Å². The number of halogens is 3. The van der Waals surface area contributed by atoms with Crippen LogP contribution in [0.25, 0.3) is 0 Å². The standard InChI is InChI=1S/C20H21BrFN2O.BrH/c21-16-7-11-18(12-8-16)24-19-4-2-1-3-13-23(19)14-20(24,25)15-5-9-17(22)10-6-15;/h5-12,25H,1-4,13-14H2;1H/q+1;/p-1. The van der Waals surface area contributed by atoms with E-state index in [1.54, 1.807) is 12.1 Å². The van der Waals surface area contributed by atoms with E-state index in [9.17, 15) is 9.50 Å². The van der Waals surface area contributed by atoms with Gasteiger partial charge >= 0.3 is 0 Å². The first-order chi connectivity index (χ1) is 12.1. The zero-order valence-electron chi connectivity index (χ0n) is 14.3. The predicted octanol–water partition coefficient (Wildman–Crippen LogP) is 1.24. The molecule has 138 valence electrons. The summed E-state index contributed by atoms with van der Waals surface area (Å²) in [5, 5.41) is 11.7. The Kier molecular flexibility index (Phi) is 5.85. The quantitative estimate of drug-likeness (QED) is 0.650. The molecule has 0 saturated carbocycles. The largest absolute Gasteiger partial charge is 1.00 e. The van der Waals surface area contributed by atoms with Crippen LogP contribution in [0, 0.1) is 5.82 Å². The zero-order valence-corrected chi connectivity index (χ0v) is 17.5. The van der Waals surface area contributed by atoms with E-state index in [2.05, 4.69) is 20.5 Å². The van der Waals surface area contributed by atoms with Crippen molar-refractivity contribution in [2.24, 2.45) is 0 Å². The van der Waals surface area contributed by atoms with Crippen molar-refractivity contribution in [2.75, 3.05) is 18.0 Å². The monoisotopic (exact) mass is 482 g/mol. The summed E-state index contributed by atoms with van der Waals surface area (Å²) in [4.78, 5) is 2.04. The molecule has 2 aromatic rings. The lowest BCUT2D eigenvalue weighted by Crippen LogP contribution is -3.00. The van der Waals surface area contributed by atoms with Gasteiger partial charge in [0.05, 0.1) is 6.54 Å². The number of hydrogen-bond acceptors (Lipinski definition) is 2. The maximum Gasteiger partial charge on any atom is 0.275 e. The minimum atomic E-state index is -1.19. The fourth-order valence-electron chi connectivity index (χ4n) is 3.91. The van der Waals surface area contributed by atoms with Crippen LogP contribution >= 0.6 is 15.9 Å². The van der Waals surface area contributed by atoms with Crippen LogP contribution in [-0.4, -0.2) is 28.6 Å². The molecule has 1 N–H and O–H groups in total. The van der Waals surface area contributed by atoms with E-state index >= 15 is 0 Å². The first-order valence-corrected chi connectivity index (χ1v) is 9.52. The number of benzene rings is 2. The molecule has 2 aliphatic rings. The smallest absolute Gasteiger partial charge is 0.275 e. The third kappa shape index (κ3) is 3.47. The molecule has 2 aliphatic heterocycles. The zero-order chi connectivity index (χ0) is 17.4. The SMILES string of the molecule is OC1(c2ccc(F)cc2)C[N+]2=C(CCCCC2)N1c1ccc(Br)cc1.[Br-]. The molecule has 6 heteroatoms. The number of aliphatic hydroxyl groups is 1. The van der Waals surface area contributed by atoms with Crippen LogP contribution in [0.5, 0.6) is 0 Å². The lowest BCUT2D eigenvalue weighted by Gasteiger charge is -2.29. The van der Waals surface area contributed by atoms with Gasteiger partial charge in [0.15, 0.2) is 6.54 Å². The number of rotatable bonds is 2. The predicted molar refractivity (Wildman–Crippen MR) is 100 cm³/mol. The Balaban J connectivity index is 0.00000196. The Morgan fingerprint density at radius 1 is 1.00 bits per heavy atom. The van der Waals surface area contributed by atoms with E-state index in [1.807, 2.05) is 29.2 Å². The molecule has 0 radical (unpaired) electrons. The molecule has 3 nitrogen and oxygen atoms in total. The lowest BCUT2D eigenvalue weighted by atomic mass is 10.00. The highest BCUT2D eigenvalue weighted by Gasteiger charge is 2.53. The average molecular weight is 484 g/mol. The van der Waals surface area contributed by atoms with Crippen molar-refractivity contribution >= 4 is 27.5 Å². The van der Waals surface area contributed by atoms with E-state index in [1.165, 1.54) is 18.6 Å². The van der Waals surface area contributed by atoms with Gasteiger partial charge in [-0.25, -0.2) is 4.39 Å². The van der Waals surface area contributed by atoms with Crippen LogP contribution in [0.4, 0.5) is 10.1 Å². The van der Waals surface area contributed by atoms with E-state index in [4.69, 9.17) is 0 Å². The molecule has 0 fully saturated rings. The fraction of sp³-hybridized carbons (Fsp3) is 0.350. The van der Waals surface area contributed by atoms with Gasteiger partial charge < -0.3 is 22.1 Å². The summed E-state index contributed by atoms with van der Waals surface area (Å²) in [6.45, 7) is 1.45. The normalized spacial score (nSPS) is 22.7. The number of nitrogens with zero attached hydrogens (tertiary/aromatic N) is 2. The van der Waals surface area contributed by atoms with Crippen LogP contribution < -0.4 is 21.9 Å². The second-order valence-electron chi connectivity index (χ2n) is 6.78. The molecule has 1 atom stereocenters. The maximum atomic E-state index is 13.4. The van der Waals surface area contributed by atoms with Crippen LogP contribution in [0.15, 0.2) is 53.0 Å². The summed E-state index contributed by atoms with van der Waals surface area (Å²) >= 11 is 3.48. The van der Waals surface area contributed by atoms with Gasteiger partial charge in [-0.2, -0.15) is 4.90 Å². The summed E-state index contributed by atoms with van der Waals surface area (Å²) in [6.07, 6.45) is 4.41. The highest BCUT2D eigenvalue weighted by atomic mass is 79.9. The second kappa shape index (κ2) is 7.79. The maximum absolute atomic E-state index is 13.4. The summed E-state index contributed by atoms with van der Waals surface area (Å²) in [5.41, 5.74) is 0.487. The lowest BCUT2D eigenvalue weighted by molar-refractivity contribution is -0.534. The van der Waals surface area contributed by atoms with E-state index in [-0.39, 0.29) is 22.8 Å². The number of amidine groups is 1. The molecule has 0 saturated heterocycles. The van der Waals surface area contributed by atoms with Gasteiger partial charge in [-0.05, 0) is 67.8 Å². The topological polar surface area (TPSA) is 26.5 Å². The van der Waals surface area contributed by atoms with Crippen LogP contribution in [0.1, 0.15) is 31.2 Å². The Labute approximate surface area is 172 Å². The third-order valence-corrected chi connectivity index (χ3v) is 5.65. The fourth-order valence-corrected chi connectivity index (χ4v) is 4.18. The van der Waals surface area contributed by atoms with E-state index in [0.717, 1.165) is 47.4 Å². The molecule has 0 amide bonds. The first-order valence-electron chi connectivity index (χ1n) is 8.73. The van der Waals surface area contributed by atoms with Crippen molar-refractivity contribution in [3.05, 3.63) is 64.4 Å². The second-order valence-corrected chi connectivity index (χ2v) is 7.70. The third-order valence-electron chi connectivity index (χ3n) is 5.12. The minimum Gasteiger partial charge on any atom is -1.00 e. The van der Waals surface area contributed by atoms with Crippen molar-refractivity contribution in [1.29, 1.82) is 0 Å². The summed E-state index contributed by atoms with van der Waals surface area (Å²) in [6, 6.07) is 14.2. The molecule has 4 rings (SSSR count). The Morgan fingerprint density at radius 2 is 1.69 bits per heavy atom. The van der Waals surface area contributed by atoms with Gasteiger partial charge in [0.25, 0.3) is 11.6 Å². The van der Waals surface area contributed by atoms with Crippen molar-refractivity contribution in [3.63, 3.8) is 0 Å². The van der Waals surface area contributed by atoms with Gasteiger partial charge in [-0.1, -0.05) is 15.9 Å². The van der Waals surface area contributed by atoms with Crippen molar-refractivity contribution < 1.29 is 31.1 Å². The molecular formula is C20H21Br2FN2O. The van der Waals surface area contributed by atoms with Crippen molar-refractivity contribution in [1.82, 2.24) is 0 Å². The van der Waals surface area contributed by atoms with Crippen LogP contribution in [0.3, 0.4) is 0 Å². The molecule has 1 unspecified atom stereocenters. The molecule has 26 heavy (non-hydrogen) atoms. The molecule has 0 spiro atoms. The molecule has 2 aromatic carbocycles. The van der Waals surface area contributed by atoms with E-state index < -0.39 is 5.72 Å². The van der Waals surface area contributed by atoms with Crippen LogP contribution in [-0.2, 0) is 5.72 Å². The average Bonchev–Trinajstić information content (AvgIpc) is 2.74. The Bertz CT molecular complexity index is 808. The molecular weight excluding hydrogens is 463 g/mol. The Morgan fingerprint density at radius 3 is 2.38 bits per heavy atom. The molecule has 2 heterocycles. The highest BCUT2D eigenvalue weighted by molar-refractivity contribution is 9.10. The number of hydrogen-bond donors (Lipinski definition) is 1. The van der Waals surface area contributed by atoms with Gasteiger partial charge in [0.1, 0.15) is 11.5 Å². The van der Waals surface area contributed by atoms with Crippen molar-refractivity contribution in [2.45, 2.75) is 31.4 Å². The van der Waals surface area contributed by atoms with Gasteiger partial charge in [0.2, 0.25) is 0 Å². The molecule has 0 bridgehead atoms. The van der Waals surface area contributed by atoms with E-state index in [0.29, 0.717) is 6.54 Å². The minimum absolute atomic E-state index is 0. The molecule has 0 aliphatic carbocycles. The summed E-state index contributed by atoms with van der Waals surface area (Å²) in [5.74, 6) is 0.870. The number of anilines is 1. The Hall–Kier alpha value is -1.24. The first kappa shape index (κ1) is 19.5. The molecule has 0 aromatic heterocycles. The van der Waals surface area contributed by atoms with Crippen LogP contribution in [0.2, 0.25) is 0 Å². The highest BCUT2D eigenvalue weighted by Crippen LogP contribution is 2.38. The summed E-state index contributed by atoms with van der Waals surface area (Å²) < 4.78 is 16.7. The van der Waals surface area contributed by atoms with Gasteiger partial charge in [-0.3, -0.25) is 4.58 Å². The van der Waals surface area contributed by atoms with Crippen molar-refractivity contribution in [3.8, 4) is 0 Å². The van der Waals surface area contributed by atoms with Gasteiger partial charge in [-0.15, -0.1) is 0 Å². The summed E-state index contributed by atoms with van der Waals surface area (Å²) in [7, 11) is 0.